The average Bonchev–Trinajstić information content (AvgIpc) is 3.04. The summed E-state index contributed by atoms with van der Waals surface area (Å²) in [7, 11) is 0.782. The number of rotatable bonds is 6. The summed E-state index contributed by atoms with van der Waals surface area (Å²) in [6.45, 7) is 1.59. The second-order valence-electron chi connectivity index (χ2n) is 3.32. The van der Waals surface area contributed by atoms with Gasteiger partial charge in [0.05, 0.1) is 13.2 Å². The first-order valence-corrected chi connectivity index (χ1v) is 4.65. The van der Waals surface area contributed by atoms with Crippen LogP contribution in [-0.2, 0) is 18.9 Å². The van der Waals surface area contributed by atoms with Gasteiger partial charge in [0.15, 0.2) is 0 Å². The molecule has 2 atom stereocenters. The lowest BCUT2D eigenvalue weighted by atomic mass is 9.79. The van der Waals surface area contributed by atoms with Crippen LogP contribution in [0.25, 0.3) is 0 Å². The molecule has 81 valence electrons. The van der Waals surface area contributed by atoms with Crippen molar-refractivity contribution >= 4 is 19.0 Å². The van der Waals surface area contributed by atoms with E-state index in [9.17, 15) is 9.59 Å². The maximum atomic E-state index is 11.0. The number of epoxide rings is 2. The SMILES string of the molecule is O=C([B]C(=O)OCC1CO1)OCC1CO1. The molecule has 0 aromatic rings. The van der Waals surface area contributed by atoms with Gasteiger partial charge in [0.2, 0.25) is 0 Å². The predicted molar refractivity (Wildman–Crippen MR) is 47.9 cm³/mol. The standard InChI is InChI=1S/C8H10BO6/c10-7(14-3-5-1-12-5)9-8(11)15-4-6-2-13-6/h5-6H,1-4H2. The highest BCUT2D eigenvalue weighted by atomic mass is 16.6. The minimum Gasteiger partial charge on any atom is -0.471 e. The normalized spacial score (nSPS) is 26.7. The van der Waals surface area contributed by atoms with Gasteiger partial charge < -0.3 is 18.9 Å². The lowest BCUT2D eigenvalue weighted by Crippen LogP contribution is -2.24. The molecule has 2 unspecified atom stereocenters. The molecule has 0 bridgehead atoms. The van der Waals surface area contributed by atoms with E-state index in [0.717, 1.165) is 7.28 Å². The molecule has 6 nitrogen and oxygen atoms in total. The van der Waals surface area contributed by atoms with Crippen LogP contribution in [0.3, 0.4) is 0 Å². The van der Waals surface area contributed by atoms with Gasteiger partial charge in [-0.05, 0) is 0 Å². The highest BCUT2D eigenvalue weighted by Gasteiger charge is 2.27. The van der Waals surface area contributed by atoms with Crippen LogP contribution >= 0.6 is 0 Å². The number of carbonyl (C=O) groups is 2. The fourth-order valence-electron chi connectivity index (χ4n) is 0.858. The van der Waals surface area contributed by atoms with Crippen LogP contribution in [0.2, 0.25) is 0 Å². The fraction of sp³-hybridized carbons (Fsp3) is 0.750. The summed E-state index contributed by atoms with van der Waals surface area (Å²) in [5, 5.41) is 0. The van der Waals surface area contributed by atoms with E-state index < -0.39 is 11.7 Å². The van der Waals surface area contributed by atoms with Gasteiger partial charge in [0, 0.05) is 0 Å². The van der Waals surface area contributed by atoms with Crippen molar-refractivity contribution in [2.24, 2.45) is 0 Å². The Bertz CT molecular complexity index is 234. The van der Waals surface area contributed by atoms with E-state index >= 15 is 0 Å². The Morgan fingerprint density at radius 1 is 1.07 bits per heavy atom. The third-order valence-electron chi connectivity index (χ3n) is 1.86. The largest absolute Gasteiger partial charge is 0.471 e. The Balaban J connectivity index is 1.52. The molecule has 2 aliphatic heterocycles. The third kappa shape index (κ3) is 4.31. The van der Waals surface area contributed by atoms with Crippen molar-refractivity contribution < 1.29 is 28.5 Å². The van der Waals surface area contributed by atoms with Gasteiger partial charge >= 0.3 is 7.28 Å². The number of hydrogen-bond donors (Lipinski definition) is 0. The van der Waals surface area contributed by atoms with Gasteiger partial charge in [-0.2, -0.15) is 0 Å². The highest BCUT2D eigenvalue weighted by molar-refractivity contribution is 6.94. The molecule has 2 rings (SSSR count). The maximum Gasteiger partial charge on any atom is 0.405 e. The summed E-state index contributed by atoms with van der Waals surface area (Å²) < 4.78 is 19.1. The Labute approximate surface area is 87.0 Å². The van der Waals surface area contributed by atoms with E-state index in [1.54, 1.807) is 0 Å². The Morgan fingerprint density at radius 3 is 1.80 bits per heavy atom. The smallest absolute Gasteiger partial charge is 0.405 e. The van der Waals surface area contributed by atoms with Crippen molar-refractivity contribution in [2.75, 3.05) is 26.4 Å². The van der Waals surface area contributed by atoms with Crippen LogP contribution < -0.4 is 0 Å². The topological polar surface area (TPSA) is 77.7 Å². The summed E-state index contributed by atoms with van der Waals surface area (Å²) in [6, 6.07) is 0. The molecule has 0 saturated carbocycles. The monoisotopic (exact) mass is 213 g/mol. The molecule has 15 heavy (non-hydrogen) atoms. The van der Waals surface area contributed by atoms with Crippen molar-refractivity contribution in [2.45, 2.75) is 12.2 Å². The van der Waals surface area contributed by atoms with Gasteiger partial charge in [-0.25, -0.2) is 0 Å². The average molecular weight is 213 g/mol. The van der Waals surface area contributed by atoms with E-state index in [2.05, 4.69) is 0 Å². The van der Waals surface area contributed by atoms with Gasteiger partial charge in [-0.15, -0.1) is 0 Å². The predicted octanol–water partition coefficient (Wildman–Crippen LogP) is -0.239. The molecule has 2 heterocycles. The van der Waals surface area contributed by atoms with Gasteiger partial charge in [0.1, 0.15) is 25.4 Å². The molecule has 0 N–H and O–H groups in total. The van der Waals surface area contributed by atoms with Gasteiger partial charge in [-0.3, -0.25) is 9.59 Å². The number of carbonyl (C=O) groups excluding carboxylic acids is 2. The molecule has 2 fully saturated rings. The molecule has 0 aromatic heterocycles. The first-order chi connectivity index (χ1) is 7.24. The summed E-state index contributed by atoms with van der Waals surface area (Å²) in [5.41, 5.74) is 0. The molecular weight excluding hydrogens is 203 g/mol. The molecule has 0 aliphatic carbocycles. The van der Waals surface area contributed by atoms with Crippen molar-refractivity contribution in [3.63, 3.8) is 0 Å². The summed E-state index contributed by atoms with van der Waals surface area (Å²) >= 11 is 0. The minimum absolute atomic E-state index is 0.00163. The maximum absolute atomic E-state index is 11.0. The first-order valence-electron chi connectivity index (χ1n) is 4.65. The Kier molecular flexibility index (Phi) is 3.22. The van der Waals surface area contributed by atoms with Crippen molar-refractivity contribution in [3.8, 4) is 0 Å². The zero-order valence-electron chi connectivity index (χ0n) is 8.01. The minimum atomic E-state index is -0.702. The van der Waals surface area contributed by atoms with Crippen LogP contribution in [0.4, 0.5) is 9.59 Å². The summed E-state index contributed by atoms with van der Waals surface area (Å²) in [5.74, 6) is -1.40. The molecule has 2 aliphatic rings. The van der Waals surface area contributed by atoms with Crippen LogP contribution in [-0.4, -0.2) is 57.7 Å². The second kappa shape index (κ2) is 4.63. The van der Waals surface area contributed by atoms with Crippen LogP contribution in [0.15, 0.2) is 0 Å². The van der Waals surface area contributed by atoms with Gasteiger partial charge in [0.25, 0.3) is 11.7 Å². The van der Waals surface area contributed by atoms with E-state index in [-0.39, 0.29) is 25.4 Å². The lowest BCUT2D eigenvalue weighted by molar-refractivity contribution is 0.153. The van der Waals surface area contributed by atoms with E-state index in [1.807, 2.05) is 0 Å². The molecular formula is C8H10BO6. The van der Waals surface area contributed by atoms with Crippen LogP contribution in [0.5, 0.6) is 0 Å². The third-order valence-corrected chi connectivity index (χ3v) is 1.86. The number of ether oxygens (including phenoxy) is 4. The Morgan fingerprint density at radius 2 is 1.47 bits per heavy atom. The van der Waals surface area contributed by atoms with E-state index in [1.165, 1.54) is 0 Å². The molecule has 0 aromatic carbocycles. The van der Waals surface area contributed by atoms with Crippen molar-refractivity contribution in [1.82, 2.24) is 0 Å². The highest BCUT2D eigenvalue weighted by Crippen LogP contribution is 2.09. The van der Waals surface area contributed by atoms with E-state index in [4.69, 9.17) is 18.9 Å². The van der Waals surface area contributed by atoms with Crippen LogP contribution in [0, 0.1) is 0 Å². The molecule has 1 radical (unpaired) electrons. The number of hydrogen-bond acceptors (Lipinski definition) is 6. The fourth-order valence-corrected chi connectivity index (χ4v) is 0.858. The first kappa shape index (κ1) is 10.4. The van der Waals surface area contributed by atoms with Crippen molar-refractivity contribution in [1.29, 1.82) is 0 Å². The van der Waals surface area contributed by atoms with Gasteiger partial charge in [-0.1, -0.05) is 0 Å². The second-order valence-corrected chi connectivity index (χ2v) is 3.32. The quantitative estimate of drug-likeness (QED) is 0.447. The van der Waals surface area contributed by atoms with Crippen LogP contribution in [0.1, 0.15) is 0 Å². The zero-order valence-corrected chi connectivity index (χ0v) is 8.01. The molecule has 0 amide bonds. The summed E-state index contributed by atoms with van der Waals surface area (Å²) in [4.78, 5) is 22.0. The van der Waals surface area contributed by atoms with E-state index in [0.29, 0.717) is 13.2 Å². The Hall–Kier alpha value is -1.08. The lowest BCUT2D eigenvalue weighted by Gasteiger charge is -2.02. The van der Waals surface area contributed by atoms with Crippen molar-refractivity contribution in [3.05, 3.63) is 0 Å². The zero-order chi connectivity index (χ0) is 10.7. The molecule has 0 spiro atoms. The molecule has 7 heteroatoms. The molecule has 2 saturated heterocycles. The summed E-state index contributed by atoms with van der Waals surface area (Å²) in [6.07, 6.45) is -0.00327.